The summed E-state index contributed by atoms with van der Waals surface area (Å²) < 4.78 is 0. The molecule has 0 aromatic rings. The smallest absolute Gasteiger partial charge is 0.146 e. The first-order valence-electron chi connectivity index (χ1n) is 9.94. The van der Waals surface area contributed by atoms with Crippen LogP contribution in [-0.2, 0) is 0 Å². The van der Waals surface area contributed by atoms with Gasteiger partial charge >= 0.3 is 0 Å². The van der Waals surface area contributed by atoms with E-state index in [0.29, 0.717) is 0 Å². The van der Waals surface area contributed by atoms with Gasteiger partial charge in [0.15, 0.2) is 0 Å². The Morgan fingerprint density at radius 2 is 0.773 bits per heavy atom. The minimum Gasteiger partial charge on any atom is -0.146 e. The molecule has 0 aliphatic rings. The van der Waals surface area contributed by atoms with Crippen LogP contribution >= 0.6 is 22.2 Å². The van der Waals surface area contributed by atoms with E-state index in [1.807, 2.05) is 6.55 Å². The van der Waals surface area contributed by atoms with E-state index in [2.05, 4.69) is 6.92 Å². The van der Waals surface area contributed by atoms with Crippen LogP contribution in [0, 0.1) is 0 Å². The van der Waals surface area contributed by atoms with Crippen LogP contribution in [0.4, 0.5) is 0 Å². The standard InChI is InChI=1S/C19H40Cl2Si/c1-3-4-5-6-7-8-9-10-11-12-13-14-15-16-17-18-19-22(2,20)21/h3-19H2,1-2H3. The SMILES string of the molecule is CCCCCCCCCCCCCCCCCC[Si](C)(Cl)Cl. The minimum atomic E-state index is -1.82. The third-order valence-electron chi connectivity index (χ3n) is 4.47. The molecule has 0 aromatic heterocycles. The summed E-state index contributed by atoms with van der Waals surface area (Å²) in [7, 11) is 0. The molecule has 0 saturated heterocycles. The van der Waals surface area contributed by atoms with Gasteiger partial charge < -0.3 is 0 Å². The van der Waals surface area contributed by atoms with E-state index >= 15 is 0 Å². The fraction of sp³-hybridized carbons (Fsp3) is 1.00. The summed E-state index contributed by atoms with van der Waals surface area (Å²) in [6.07, 6.45) is 22.6. The van der Waals surface area contributed by atoms with Crippen molar-refractivity contribution in [3.63, 3.8) is 0 Å². The van der Waals surface area contributed by atoms with Crippen molar-refractivity contribution < 1.29 is 0 Å². The van der Waals surface area contributed by atoms with E-state index in [9.17, 15) is 0 Å². The van der Waals surface area contributed by atoms with Crippen molar-refractivity contribution in [2.75, 3.05) is 0 Å². The summed E-state index contributed by atoms with van der Waals surface area (Å²) in [4.78, 5) is 0. The number of hydrogen-bond acceptors (Lipinski definition) is 0. The highest BCUT2D eigenvalue weighted by molar-refractivity contribution is 7.44. The minimum absolute atomic E-state index is 1.06. The van der Waals surface area contributed by atoms with Gasteiger partial charge in [0.2, 0.25) is 6.69 Å². The van der Waals surface area contributed by atoms with Gasteiger partial charge in [0.1, 0.15) is 0 Å². The van der Waals surface area contributed by atoms with Crippen molar-refractivity contribution in [3.05, 3.63) is 0 Å². The Kier molecular flexibility index (Phi) is 17.3. The maximum atomic E-state index is 6.10. The third kappa shape index (κ3) is 20.8. The lowest BCUT2D eigenvalue weighted by molar-refractivity contribution is 0.531. The molecule has 0 nitrogen and oxygen atoms in total. The molecule has 0 heterocycles. The molecule has 134 valence electrons. The van der Waals surface area contributed by atoms with Crippen LogP contribution in [-0.4, -0.2) is 6.69 Å². The van der Waals surface area contributed by atoms with Crippen molar-refractivity contribution in [2.24, 2.45) is 0 Å². The fourth-order valence-electron chi connectivity index (χ4n) is 2.98. The molecule has 0 fully saturated rings. The van der Waals surface area contributed by atoms with E-state index in [1.54, 1.807) is 0 Å². The Bertz CT molecular complexity index is 214. The Morgan fingerprint density at radius 3 is 1.05 bits per heavy atom. The number of halogens is 2. The highest BCUT2D eigenvalue weighted by atomic mass is 35.7. The van der Waals surface area contributed by atoms with Crippen LogP contribution in [0.2, 0.25) is 12.6 Å². The maximum Gasteiger partial charge on any atom is 0.248 e. The second kappa shape index (κ2) is 16.6. The summed E-state index contributed by atoms with van der Waals surface area (Å²) in [5.74, 6) is 0. The van der Waals surface area contributed by atoms with E-state index in [1.165, 1.54) is 103 Å². The van der Waals surface area contributed by atoms with Crippen molar-refractivity contribution in [1.29, 1.82) is 0 Å². The highest BCUT2D eigenvalue weighted by Gasteiger charge is 2.19. The van der Waals surface area contributed by atoms with Gasteiger partial charge in [0.05, 0.1) is 0 Å². The van der Waals surface area contributed by atoms with Gasteiger partial charge in [0, 0.05) is 0 Å². The molecule has 0 rings (SSSR count). The zero-order chi connectivity index (χ0) is 16.5. The molecule has 22 heavy (non-hydrogen) atoms. The molecule has 0 aromatic carbocycles. The molecule has 0 bridgehead atoms. The summed E-state index contributed by atoms with van der Waals surface area (Å²) in [5, 5.41) is 0. The Morgan fingerprint density at radius 1 is 0.500 bits per heavy atom. The highest BCUT2D eigenvalue weighted by Crippen LogP contribution is 2.23. The molecule has 3 heteroatoms. The lowest BCUT2D eigenvalue weighted by atomic mass is 10.0. The molecule has 0 unspecified atom stereocenters. The molecule has 0 N–H and O–H groups in total. The van der Waals surface area contributed by atoms with E-state index in [-0.39, 0.29) is 0 Å². The summed E-state index contributed by atoms with van der Waals surface area (Å²) in [6.45, 7) is 2.50. The van der Waals surface area contributed by atoms with Crippen molar-refractivity contribution in [2.45, 2.75) is 122 Å². The molecule has 0 radical (unpaired) electrons. The zero-order valence-corrected chi connectivity index (χ0v) is 17.8. The van der Waals surface area contributed by atoms with Crippen LogP contribution in [0.15, 0.2) is 0 Å². The second-order valence-electron chi connectivity index (χ2n) is 7.12. The van der Waals surface area contributed by atoms with E-state index < -0.39 is 6.69 Å². The number of rotatable bonds is 17. The predicted octanol–water partition coefficient (Wildman–Crippen LogP) is 8.80. The van der Waals surface area contributed by atoms with Crippen LogP contribution in [0.3, 0.4) is 0 Å². The first-order chi connectivity index (χ1) is 10.6. The lowest BCUT2D eigenvalue weighted by Gasteiger charge is -2.09. The quantitative estimate of drug-likeness (QED) is 0.137. The number of unbranched alkanes of at least 4 members (excludes halogenated alkanes) is 15. The number of hydrogen-bond donors (Lipinski definition) is 0. The predicted molar refractivity (Wildman–Crippen MR) is 108 cm³/mol. The van der Waals surface area contributed by atoms with Gasteiger partial charge in [-0.05, 0) is 12.6 Å². The second-order valence-corrected chi connectivity index (χ2v) is 15.3. The van der Waals surface area contributed by atoms with Gasteiger partial charge in [-0.1, -0.05) is 110 Å². The molecule has 0 saturated carbocycles. The zero-order valence-electron chi connectivity index (χ0n) is 15.3. The van der Waals surface area contributed by atoms with Crippen LogP contribution < -0.4 is 0 Å². The molecule has 0 aliphatic carbocycles. The average Bonchev–Trinajstić information content (AvgIpc) is 2.45. The largest absolute Gasteiger partial charge is 0.248 e. The van der Waals surface area contributed by atoms with Gasteiger partial charge in [-0.25, -0.2) is 0 Å². The van der Waals surface area contributed by atoms with Crippen molar-refractivity contribution in [1.82, 2.24) is 0 Å². The lowest BCUT2D eigenvalue weighted by Crippen LogP contribution is -2.11. The summed E-state index contributed by atoms with van der Waals surface area (Å²) >= 11 is 12.2. The Hall–Kier alpha value is 0.797. The topological polar surface area (TPSA) is 0 Å². The normalized spacial score (nSPS) is 12.0. The van der Waals surface area contributed by atoms with Gasteiger partial charge in [-0.15, -0.1) is 22.2 Å². The molecular formula is C19H40Cl2Si. The summed E-state index contributed by atoms with van der Waals surface area (Å²) in [5.41, 5.74) is 0. The monoisotopic (exact) mass is 366 g/mol. The Balaban J connectivity index is 3.00. The van der Waals surface area contributed by atoms with Crippen molar-refractivity contribution in [3.8, 4) is 0 Å². The van der Waals surface area contributed by atoms with Gasteiger partial charge in [-0.3, -0.25) is 0 Å². The Labute approximate surface area is 151 Å². The summed E-state index contributed by atoms with van der Waals surface area (Å²) in [6, 6.07) is 1.06. The van der Waals surface area contributed by atoms with Crippen LogP contribution in [0.25, 0.3) is 0 Å². The van der Waals surface area contributed by atoms with E-state index in [4.69, 9.17) is 22.2 Å². The van der Waals surface area contributed by atoms with Crippen molar-refractivity contribution >= 4 is 28.9 Å². The molecule has 0 atom stereocenters. The van der Waals surface area contributed by atoms with Gasteiger partial charge in [-0.2, -0.15) is 0 Å². The molecule has 0 amide bonds. The maximum absolute atomic E-state index is 6.10. The van der Waals surface area contributed by atoms with Gasteiger partial charge in [0.25, 0.3) is 0 Å². The van der Waals surface area contributed by atoms with Crippen LogP contribution in [0.5, 0.6) is 0 Å². The molecule has 0 aliphatic heterocycles. The molecular weight excluding hydrogens is 327 g/mol. The third-order valence-corrected chi connectivity index (χ3v) is 6.83. The van der Waals surface area contributed by atoms with Crippen LogP contribution in [0.1, 0.15) is 110 Å². The molecule has 0 spiro atoms. The van der Waals surface area contributed by atoms with E-state index in [0.717, 1.165) is 6.04 Å². The average molecular weight is 368 g/mol. The fourth-order valence-corrected chi connectivity index (χ4v) is 4.66. The first kappa shape index (κ1) is 22.8. The first-order valence-corrected chi connectivity index (χ1v) is 14.7.